The van der Waals surface area contributed by atoms with Crippen molar-refractivity contribution in [1.29, 1.82) is 0 Å². The Morgan fingerprint density at radius 2 is 2.36 bits per heavy atom. The monoisotopic (exact) mass is 254 g/mol. The summed E-state index contributed by atoms with van der Waals surface area (Å²) in [6.07, 6.45) is 0. The van der Waals surface area contributed by atoms with Crippen LogP contribution in [0.15, 0.2) is 22.6 Å². The third-order valence-corrected chi connectivity index (χ3v) is 2.32. The maximum absolute atomic E-state index is 11.0. The zero-order valence-corrected chi connectivity index (χ0v) is 8.74. The second-order valence-electron chi connectivity index (χ2n) is 2.76. The van der Waals surface area contributed by atoms with Gasteiger partial charge in [-0.2, -0.15) is 0 Å². The average molecular weight is 255 g/mol. The zero-order chi connectivity index (χ0) is 10.1. The van der Waals surface area contributed by atoms with Gasteiger partial charge in [0.05, 0.1) is 10.9 Å². The number of amides is 1. The number of primary amides is 1. The van der Waals surface area contributed by atoms with Gasteiger partial charge in [0.1, 0.15) is 5.52 Å². The Balaban J connectivity index is 2.73. The van der Waals surface area contributed by atoms with E-state index in [0.717, 1.165) is 0 Å². The van der Waals surface area contributed by atoms with Crippen LogP contribution < -0.4 is 5.73 Å². The Morgan fingerprint density at radius 3 is 3.00 bits per heavy atom. The third-order valence-electron chi connectivity index (χ3n) is 1.84. The molecule has 0 fully saturated rings. The van der Waals surface area contributed by atoms with Gasteiger partial charge in [-0.05, 0) is 12.1 Å². The van der Waals surface area contributed by atoms with Crippen molar-refractivity contribution < 1.29 is 9.21 Å². The predicted molar refractivity (Wildman–Crippen MR) is 55.2 cm³/mol. The quantitative estimate of drug-likeness (QED) is 0.832. The van der Waals surface area contributed by atoms with Gasteiger partial charge < -0.3 is 10.2 Å². The summed E-state index contributed by atoms with van der Waals surface area (Å²) in [6, 6.07) is 5.12. The van der Waals surface area contributed by atoms with E-state index in [4.69, 9.17) is 10.2 Å². The lowest BCUT2D eigenvalue weighted by Gasteiger charge is -1.93. The first kappa shape index (κ1) is 9.21. The molecule has 5 heteroatoms. The fourth-order valence-electron chi connectivity index (χ4n) is 1.25. The van der Waals surface area contributed by atoms with Gasteiger partial charge in [0.25, 0.3) is 5.91 Å². The number of nitrogens with zero attached hydrogens (tertiary/aromatic N) is 1. The van der Waals surface area contributed by atoms with Crippen molar-refractivity contribution in [2.24, 2.45) is 5.73 Å². The Labute approximate surface area is 88.2 Å². The number of fused-ring (bicyclic) bond motifs is 1. The van der Waals surface area contributed by atoms with Crippen LogP contribution in [0.1, 0.15) is 16.2 Å². The molecule has 1 aromatic heterocycles. The predicted octanol–water partition coefficient (Wildman–Crippen LogP) is 1.82. The minimum atomic E-state index is -0.507. The minimum Gasteiger partial charge on any atom is -0.439 e. The molecule has 2 rings (SSSR count). The fraction of sp³-hybridized carbons (Fsp3) is 0.111. The SMILES string of the molecule is NC(=O)c1cccc2nc(CBr)oc12. The molecule has 4 nitrogen and oxygen atoms in total. The van der Waals surface area contributed by atoms with Crippen LogP contribution in [0.25, 0.3) is 11.1 Å². The smallest absolute Gasteiger partial charge is 0.252 e. The molecule has 0 unspecified atom stereocenters. The number of benzene rings is 1. The molecule has 1 aromatic carbocycles. The Bertz CT molecular complexity index is 493. The van der Waals surface area contributed by atoms with Crippen LogP contribution in [-0.4, -0.2) is 10.9 Å². The third kappa shape index (κ3) is 1.39. The highest BCUT2D eigenvalue weighted by Crippen LogP contribution is 2.20. The molecule has 0 atom stereocenters. The number of para-hydroxylation sites is 1. The molecule has 0 aliphatic carbocycles. The number of hydrogen-bond donors (Lipinski definition) is 1. The fourth-order valence-corrected chi connectivity index (χ4v) is 1.49. The summed E-state index contributed by atoms with van der Waals surface area (Å²) in [5, 5.41) is 0.514. The van der Waals surface area contributed by atoms with Gasteiger partial charge in [0, 0.05) is 0 Å². The van der Waals surface area contributed by atoms with Crippen LogP contribution in [0.3, 0.4) is 0 Å². The normalized spacial score (nSPS) is 10.6. The van der Waals surface area contributed by atoms with Crippen LogP contribution in [-0.2, 0) is 5.33 Å². The summed E-state index contributed by atoms with van der Waals surface area (Å²) in [6.45, 7) is 0. The van der Waals surface area contributed by atoms with Gasteiger partial charge in [0.2, 0.25) is 5.89 Å². The van der Waals surface area contributed by atoms with Gasteiger partial charge >= 0.3 is 0 Å². The molecule has 0 aliphatic rings. The van der Waals surface area contributed by atoms with Gasteiger partial charge in [-0.3, -0.25) is 4.79 Å². The molecule has 0 saturated heterocycles. The molecule has 1 heterocycles. The van der Waals surface area contributed by atoms with E-state index in [9.17, 15) is 4.79 Å². The van der Waals surface area contributed by atoms with Crippen molar-refractivity contribution in [1.82, 2.24) is 4.98 Å². The molecule has 2 N–H and O–H groups in total. The first-order valence-electron chi connectivity index (χ1n) is 3.96. The highest BCUT2D eigenvalue weighted by atomic mass is 79.9. The number of rotatable bonds is 2. The van der Waals surface area contributed by atoms with Gasteiger partial charge in [-0.15, -0.1) is 0 Å². The number of alkyl halides is 1. The van der Waals surface area contributed by atoms with Crippen molar-refractivity contribution in [2.45, 2.75) is 5.33 Å². The van der Waals surface area contributed by atoms with E-state index >= 15 is 0 Å². The highest BCUT2D eigenvalue weighted by molar-refractivity contribution is 9.08. The number of oxazole rings is 1. The Morgan fingerprint density at radius 1 is 1.57 bits per heavy atom. The minimum absolute atomic E-state index is 0.363. The molecular formula is C9H7BrN2O2. The number of aromatic nitrogens is 1. The Kier molecular flexibility index (Phi) is 2.25. The van der Waals surface area contributed by atoms with Crippen LogP contribution in [0.2, 0.25) is 0 Å². The number of halogens is 1. The lowest BCUT2D eigenvalue weighted by Crippen LogP contribution is -2.10. The summed E-state index contributed by atoms with van der Waals surface area (Å²) in [5.74, 6) is 0.0292. The molecule has 0 spiro atoms. The van der Waals surface area contributed by atoms with Crippen molar-refractivity contribution in [3.63, 3.8) is 0 Å². The Hall–Kier alpha value is -1.36. The van der Waals surface area contributed by atoms with Crippen LogP contribution >= 0.6 is 15.9 Å². The van der Waals surface area contributed by atoms with E-state index in [-0.39, 0.29) is 0 Å². The van der Waals surface area contributed by atoms with Gasteiger partial charge in [0.15, 0.2) is 5.58 Å². The van der Waals surface area contributed by atoms with Crippen molar-refractivity contribution in [3.05, 3.63) is 29.7 Å². The van der Waals surface area contributed by atoms with Crippen LogP contribution in [0.5, 0.6) is 0 Å². The molecule has 0 radical (unpaired) electrons. The zero-order valence-electron chi connectivity index (χ0n) is 7.16. The lowest BCUT2D eigenvalue weighted by molar-refractivity contribution is 0.100. The summed E-state index contributed by atoms with van der Waals surface area (Å²) in [7, 11) is 0. The van der Waals surface area contributed by atoms with Crippen molar-refractivity contribution in [2.75, 3.05) is 0 Å². The van der Waals surface area contributed by atoms with Crippen LogP contribution in [0.4, 0.5) is 0 Å². The molecule has 2 aromatic rings. The molecular weight excluding hydrogens is 248 g/mol. The maximum atomic E-state index is 11.0. The number of carbonyl (C=O) groups excluding carboxylic acids is 1. The summed E-state index contributed by atoms with van der Waals surface area (Å²) in [5.41, 5.74) is 6.66. The molecule has 0 saturated carbocycles. The second-order valence-corrected chi connectivity index (χ2v) is 3.32. The topological polar surface area (TPSA) is 69.1 Å². The van der Waals surface area contributed by atoms with Gasteiger partial charge in [-0.25, -0.2) is 4.98 Å². The van der Waals surface area contributed by atoms with E-state index in [1.165, 1.54) is 0 Å². The molecule has 14 heavy (non-hydrogen) atoms. The second kappa shape index (κ2) is 3.42. The summed E-state index contributed by atoms with van der Waals surface area (Å²) < 4.78 is 5.35. The van der Waals surface area contributed by atoms with E-state index in [1.54, 1.807) is 18.2 Å². The summed E-state index contributed by atoms with van der Waals surface area (Å²) >= 11 is 3.22. The first-order chi connectivity index (χ1) is 6.72. The highest BCUT2D eigenvalue weighted by Gasteiger charge is 2.12. The molecule has 0 aliphatic heterocycles. The summed E-state index contributed by atoms with van der Waals surface area (Å²) in [4.78, 5) is 15.2. The number of carbonyl (C=O) groups is 1. The number of nitrogens with two attached hydrogens (primary N) is 1. The van der Waals surface area contributed by atoms with E-state index in [1.807, 2.05) is 0 Å². The maximum Gasteiger partial charge on any atom is 0.252 e. The standard InChI is InChI=1S/C9H7BrN2O2/c10-4-7-12-6-3-1-2-5(9(11)13)8(6)14-7/h1-3H,4H2,(H2,11,13). The molecule has 0 bridgehead atoms. The van der Waals surface area contributed by atoms with E-state index < -0.39 is 5.91 Å². The number of hydrogen-bond acceptors (Lipinski definition) is 3. The first-order valence-corrected chi connectivity index (χ1v) is 5.08. The van der Waals surface area contributed by atoms with E-state index in [2.05, 4.69) is 20.9 Å². The molecule has 72 valence electrons. The van der Waals surface area contributed by atoms with Crippen molar-refractivity contribution in [3.8, 4) is 0 Å². The average Bonchev–Trinajstić information content (AvgIpc) is 2.59. The lowest BCUT2D eigenvalue weighted by atomic mass is 10.2. The largest absolute Gasteiger partial charge is 0.439 e. The van der Waals surface area contributed by atoms with Gasteiger partial charge in [-0.1, -0.05) is 22.0 Å². The van der Waals surface area contributed by atoms with E-state index in [0.29, 0.717) is 27.9 Å². The van der Waals surface area contributed by atoms with Crippen LogP contribution in [0, 0.1) is 0 Å². The van der Waals surface area contributed by atoms with Crippen molar-refractivity contribution >= 4 is 32.9 Å². The molecule has 1 amide bonds.